The zero-order chi connectivity index (χ0) is 65.5. The highest BCUT2D eigenvalue weighted by atomic mass is 31.2. The van der Waals surface area contributed by atoms with Crippen molar-refractivity contribution in [3.63, 3.8) is 0 Å². The Bertz CT molecular complexity index is 1890. The van der Waals surface area contributed by atoms with Crippen LogP contribution < -0.4 is 4.89 Å². The van der Waals surface area contributed by atoms with Crippen LogP contribution in [0.1, 0.15) is 335 Å². The average molecular weight is 1280 g/mol. The van der Waals surface area contributed by atoms with Crippen LogP contribution in [0, 0.1) is 0 Å². The molecule has 0 amide bonds. The van der Waals surface area contributed by atoms with Gasteiger partial charge in [0.15, 0.2) is 6.10 Å². The van der Waals surface area contributed by atoms with E-state index in [4.69, 9.17) is 18.5 Å². The third-order valence-electron chi connectivity index (χ3n) is 16.3. The SMILES string of the molecule is CC/C=C\C/C=C\C/C=C\C/C=C\C/C=C\C/C=C\C/C=C\CCCCCC(=O)OC(COC(=O)CCCCCCCCCCCCCCCCCCCCCCCCCCCCCCC/C=C\C/C=C\CCCCCCC)COP(=O)([O-])OCC[N+](C)(C)C. The van der Waals surface area contributed by atoms with Crippen molar-refractivity contribution in [2.45, 2.75) is 341 Å². The third kappa shape index (κ3) is 73.7. The van der Waals surface area contributed by atoms with Crippen LogP contribution >= 0.6 is 7.82 Å². The number of nitrogens with zero attached hydrogens (tertiary/aromatic N) is 1. The molecule has 10 heteroatoms. The molecule has 0 spiro atoms. The number of hydrogen-bond donors (Lipinski definition) is 0. The van der Waals surface area contributed by atoms with E-state index >= 15 is 0 Å². The fraction of sp³-hybridized carbons (Fsp3) is 0.750. The number of likely N-dealkylation sites (N-methyl/N-ethyl adjacent to an activating group) is 1. The van der Waals surface area contributed by atoms with Gasteiger partial charge in [-0.3, -0.25) is 14.2 Å². The quantitative estimate of drug-likeness (QED) is 0.0195. The first-order chi connectivity index (χ1) is 44.0. The molecule has 0 rings (SSSR count). The number of rotatable bonds is 69. The number of hydrogen-bond acceptors (Lipinski definition) is 8. The number of phosphoric acid groups is 1. The summed E-state index contributed by atoms with van der Waals surface area (Å²) in [5, 5.41) is 0. The van der Waals surface area contributed by atoms with Crippen LogP contribution in [-0.2, 0) is 32.7 Å². The lowest BCUT2D eigenvalue weighted by Gasteiger charge is -2.28. The molecule has 0 aliphatic rings. The van der Waals surface area contributed by atoms with E-state index in [0.29, 0.717) is 17.4 Å². The van der Waals surface area contributed by atoms with Crippen molar-refractivity contribution in [1.29, 1.82) is 0 Å². The molecule has 9 nitrogen and oxygen atoms in total. The second kappa shape index (κ2) is 70.0. The Labute approximate surface area is 556 Å². The van der Waals surface area contributed by atoms with E-state index in [0.717, 1.165) is 89.9 Å². The lowest BCUT2D eigenvalue weighted by Crippen LogP contribution is -2.37. The van der Waals surface area contributed by atoms with Crippen LogP contribution in [0.4, 0.5) is 0 Å². The largest absolute Gasteiger partial charge is 0.756 e. The van der Waals surface area contributed by atoms with Crippen molar-refractivity contribution in [2.24, 2.45) is 0 Å². The summed E-state index contributed by atoms with van der Waals surface area (Å²) in [6.07, 6.45) is 99.3. The third-order valence-corrected chi connectivity index (χ3v) is 17.2. The fourth-order valence-corrected chi connectivity index (χ4v) is 11.3. The minimum Gasteiger partial charge on any atom is -0.756 e. The zero-order valence-electron chi connectivity index (χ0n) is 59.3. The van der Waals surface area contributed by atoms with Crippen LogP contribution in [0.15, 0.2) is 109 Å². The number of carbonyl (C=O) groups excluding carboxylic acids is 2. The molecule has 520 valence electrons. The van der Waals surface area contributed by atoms with Gasteiger partial charge in [0.1, 0.15) is 19.8 Å². The number of phosphoric ester groups is 1. The van der Waals surface area contributed by atoms with Crippen molar-refractivity contribution in [1.82, 2.24) is 0 Å². The van der Waals surface area contributed by atoms with E-state index in [1.165, 1.54) is 212 Å². The maximum atomic E-state index is 12.8. The summed E-state index contributed by atoms with van der Waals surface area (Å²) >= 11 is 0. The number of ether oxygens (including phenoxy) is 2. The molecular weight excluding hydrogens is 1130 g/mol. The van der Waals surface area contributed by atoms with Crippen LogP contribution in [0.5, 0.6) is 0 Å². The van der Waals surface area contributed by atoms with Gasteiger partial charge in [-0.1, -0.05) is 329 Å². The molecule has 0 heterocycles. The van der Waals surface area contributed by atoms with Crippen LogP contribution in [0.3, 0.4) is 0 Å². The molecule has 0 aliphatic heterocycles. The summed E-state index contributed by atoms with van der Waals surface area (Å²) in [6, 6.07) is 0. The van der Waals surface area contributed by atoms with Gasteiger partial charge >= 0.3 is 11.9 Å². The second-order valence-electron chi connectivity index (χ2n) is 26.3. The highest BCUT2D eigenvalue weighted by Gasteiger charge is 2.22. The average Bonchev–Trinajstić information content (AvgIpc) is 3.58. The van der Waals surface area contributed by atoms with Gasteiger partial charge in [0, 0.05) is 12.8 Å². The summed E-state index contributed by atoms with van der Waals surface area (Å²) in [5.74, 6) is -0.866. The molecule has 2 atom stereocenters. The van der Waals surface area contributed by atoms with Crippen molar-refractivity contribution in [3.8, 4) is 0 Å². The predicted molar refractivity (Wildman–Crippen MR) is 388 cm³/mol. The highest BCUT2D eigenvalue weighted by Crippen LogP contribution is 2.38. The van der Waals surface area contributed by atoms with Crippen molar-refractivity contribution in [3.05, 3.63) is 109 Å². The molecule has 0 bridgehead atoms. The summed E-state index contributed by atoms with van der Waals surface area (Å²) in [5.41, 5.74) is 0. The Balaban J connectivity index is 3.96. The van der Waals surface area contributed by atoms with Crippen molar-refractivity contribution < 1.29 is 42.1 Å². The minimum absolute atomic E-state index is 0.0415. The summed E-state index contributed by atoms with van der Waals surface area (Å²) in [7, 11) is 1.14. The molecule has 0 fully saturated rings. The molecule has 0 aromatic heterocycles. The van der Waals surface area contributed by atoms with Gasteiger partial charge in [-0.2, -0.15) is 0 Å². The van der Waals surface area contributed by atoms with E-state index in [9.17, 15) is 19.0 Å². The Morgan fingerprint density at radius 1 is 0.356 bits per heavy atom. The Morgan fingerprint density at radius 3 is 0.956 bits per heavy atom. The molecule has 0 aromatic carbocycles. The van der Waals surface area contributed by atoms with E-state index < -0.39 is 26.5 Å². The second-order valence-corrected chi connectivity index (χ2v) is 27.7. The van der Waals surface area contributed by atoms with Crippen LogP contribution in [-0.4, -0.2) is 70.0 Å². The Morgan fingerprint density at radius 2 is 0.633 bits per heavy atom. The highest BCUT2D eigenvalue weighted by molar-refractivity contribution is 7.45. The van der Waals surface area contributed by atoms with Gasteiger partial charge in [-0.25, -0.2) is 0 Å². The number of carbonyl (C=O) groups is 2. The number of esters is 2. The number of quaternary nitrogens is 1. The van der Waals surface area contributed by atoms with E-state index in [-0.39, 0.29) is 32.0 Å². The molecular formula is C80H142NO8P. The summed E-state index contributed by atoms with van der Waals surface area (Å²) in [4.78, 5) is 38.1. The molecule has 90 heavy (non-hydrogen) atoms. The Kier molecular flexibility index (Phi) is 67.4. The lowest BCUT2D eigenvalue weighted by atomic mass is 10.0. The van der Waals surface area contributed by atoms with Crippen molar-refractivity contribution in [2.75, 3.05) is 47.5 Å². The normalized spacial score (nSPS) is 13.7. The minimum atomic E-state index is -4.66. The number of unbranched alkanes of at least 4 members (excludes halogenated alkanes) is 37. The lowest BCUT2D eigenvalue weighted by molar-refractivity contribution is -0.870. The van der Waals surface area contributed by atoms with Crippen LogP contribution in [0.2, 0.25) is 0 Å². The van der Waals surface area contributed by atoms with E-state index in [1.54, 1.807) is 0 Å². The van der Waals surface area contributed by atoms with E-state index in [2.05, 4.69) is 123 Å². The molecule has 0 saturated carbocycles. The van der Waals surface area contributed by atoms with Gasteiger partial charge in [0.2, 0.25) is 0 Å². The van der Waals surface area contributed by atoms with Gasteiger partial charge in [-0.05, 0) is 103 Å². The molecule has 2 unspecified atom stereocenters. The molecule has 0 N–H and O–H groups in total. The van der Waals surface area contributed by atoms with Gasteiger partial charge < -0.3 is 27.9 Å². The van der Waals surface area contributed by atoms with Crippen LogP contribution in [0.25, 0.3) is 0 Å². The zero-order valence-corrected chi connectivity index (χ0v) is 60.2. The maximum absolute atomic E-state index is 12.8. The smallest absolute Gasteiger partial charge is 0.306 e. The van der Waals surface area contributed by atoms with Crippen molar-refractivity contribution >= 4 is 19.8 Å². The predicted octanol–water partition coefficient (Wildman–Crippen LogP) is 24.2. The first-order valence-electron chi connectivity index (χ1n) is 37.6. The molecule has 0 saturated heterocycles. The first-order valence-corrected chi connectivity index (χ1v) is 39.1. The Hall–Kier alpha value is -3.33. The topological polar surface area (TPSA) is 111 Å². The summed E-state index contributed by atoms with van der Waals surface area (Å²) in [6.45, 7) is 4.10. The van der Waals surface area contributed by atoms with Gasteiger partial charge in [0.05, 0.1) is 27.7 Å². The van der Waals surface area contributed by atoms with E-state index in [1.807, 2.05) is 21.1 Å². The maximum Gasteiger partial charge on any atom is 0.306 e. The first kappa shape index (κ1) is 86.7. The standard InChI is InChI=1S/C80H142NO8P/c1-6-8-10-12-14-16-18-20-22-24-26-28-30-32-33-34-35-36-37-38-39-40-41-42-43-44-45-46-47-49-50-52-54-56-58-60-62-64-66-68-70-72-79(82)86-76-78(77-88-90(84,85)87-75-74-81(3,4)5)89-80(83)73-71-69-67-65-63-61-59-57-55-53-51-48-31-29-27-25-23-21-19-17-15-13-11-9-7-2/h9,11,15,17-18,20-21,23-24,26-27,29,48,51,55,57,61,63,78H,6-8,10,12-14,16,19,22,25,28,30-47,49-50,52-54,56,58-60,62,64-77H2,1-5H3/b11-9-,17-15-,20-18-,23-21-,26-24-,29-27-,51-48-,57-55-,63-61-. The molecule has 0 radical (unpaired) electrons. The molecule has 0 aromatic rings. The monoisotopic (exact) mass is 1280 g/mol. The van der Waals surface area contributed by atoms with Gasteiger partial charge in [-0.15, -0.1) is 0 Å². The molecule has 0 aliphatic carbocycles. The summed E-state index contributed by atoms with van der Waals surface area (Å²) < 4.78 is 34.3. The fourth-order valence-electron chi connectivity index (χ4n) is 10.6. The number of allylic oxidation sites excluding steroid dienone is 18. The van der Waals surface area contributed by atoms with Gasteiger partial charge in [0.25, 0.3) is 7.82 Å².